The van der Waals surface area contributed by atoms with Gasteiger partial charge in [0, 0.05) is 0 Å². The molecular formula is C17H32OSi. The van der Waals surface area contributed by atoms with Crippen molar-refractivity contribution in [3.05, 3.63) is 12.7 Å². The van der Waals surface area contributed by atoms with Crippen LogP contribution in [0.15, 0.2) is 12.7 Å². The van der Waals surface area contributed by atoms with Gasteiger partial charge in [-0.25, -0.2) is 0 Å². The summed E-state index contributed by atoms with van der Waals surface area (Å²) >= 11 is 0. The lowest BCUT2D eigenvalue weighted by atomic mass is 9.99. The zero-order chi connectivity index (χ0) is 15.2. The third-order valence-corrected chi connectivity index (χ3v) is 8.56. The molecule has 0 aromatic carbocycles. The van der Waals surface area contributed by atoms with Crippen LogP contribution in [0, 0.1) is 11.8 Å². The molecule has 0 spiro atoms. The fourth-order valence-corrected chi connectivity index (χ4v) is 3.46. The molecule has 0 aliphatic rings. The second kappa shape index (κ2) is 7.31. The van der Waals surface area contributed by atoms with Crippen LogP contribution in [0.2, 0.25) is 18.1 Å². The van der Waals surface area contributed by atoms with Crippen LogP contribution < -0.4 is 0 Å². The van der Waals surface area contributed by atoms with Gasteiger partial charge in [0.1, 0.15) is 5.60 Å². The van der Waals surface area contributed by atoms with E-state index in [0.717, 1.165) is 19.3 Å². The van der Waals surface area contributed by atoms with Crippen molar-refractivity contribution in [2.75, 3.05) is 0 Å². The Morgan fingerprint density at radius 1 is 1.16 bits per heavy atom. The van der Waals surface area contributed by atoms with E-state index in [1.807, 2.05) is 13.0 Å². The number of hydrogen-bond acceptors (Lipinski definition) is 1. The largest absolute Gasteiger partial charge is 0.401 e. The molecule has 19 heavy (non-hydrogen) atoms. The molecule has 0 bridgehead atoms. The van der Waals surface area contributed by atoms with Gasteiger partial charge in [0.2, 0.25) is 0 Å². The molecule has 0 amide bonds. The minimum atomic E-state index is -1.77. The maximum atomic E-state index is 6.55. The molecule has 0 aromatic heterocycles. The molecular weight excluding hydrogens is 248 g/mol. The standard InChI is InChI=1S/C17H32OSi/c1-9-11-12-13-15-17(6,14-10-2)18-19(7,8)16(3,4)5/h9H,1,11-13,15H2,2-8H3. The summed E-state index contributed by atoms with van der Waals surface area (Å²) in [6.07, 6.45) is 6.39. The maximum absolute atomic E-state index is 6.55. The second-order valence-corrected chi connectivity index (χ2v) is 11.7. The van der Waals surface area contributed by atoms with E-state index < -0.39 is 8.32 Å². The van der Waals surface area contributed by atoms with Gasteiger partial charge in [-0.3, -0.25) is 0 Å². The average molecular weight is 281 g/mol. The molecule has 0 saturated carbocycles. The lowest BCUT2D eigenvalue weighted by Gasteiger charge is -2.42. The number of rotatable bonds is 7. The van der Waals surface area contributed by atoms with Gasteiger partial charge < -0.3 is 4.43 Å². The summed E-state index contributed by atoms with van der Waals surface area (Å²) in [7, 11) is -1.77. The Hall–Kier alpha value is -0.523. The van der Waals surface area contributed by atoms with Crippen LogP contribution in [0.1, 0.15) is 60.3 Å². The van der Waals surface area contributed by atoms with Gasteiger partial charge in [-0.1, -0.05) is 32.8 Å². The van der Waals surface area contributed by atoms with Crippen molar-refractivity contribution < 1.29 is 4.43 Å². The lowest BCUT2D eigenvalue weighted by Crippen LogP contribution is -2.48. The van der Waals surface area contributed by atoms with Crippen molar-refractivity contribution in [3.8, 4) is 11.8 Å². The smallest absolute Gasteiger partial charge is 0.194 e. The van der Waals surface area contributed by atoms with Crippen LogP contribution in [-0.2, 0) is 4.43 Å². The molecule has 0 rings (SSSR count). The molecule has 1 nitrogen and oxygen atoms in total. The number of hydrogen-bond donors (Lipinski definition) is 0. The van der Waals surface area contributed by atoms with Gasteiger partial charge in [-0.15, -0.1) is 12.5 Å². The number of unbranched alkanes of at least 4 members (excludes halogenated alkanes) is 2. The van der Waals surface area contributed by atoms with E-state index >= 15 is 0 Å². The van der Waals surface area contributed by atoms with Crippen LogP contribution in [0.5, 0.6) is 0 Å². The van der Waals surface area contributed by atoms with E-state index in [4.69, 9.17) is 4.43 Å². The van der Waals surface area contributed by atoms with Crippen molar-refractivity contribution in [3.63, 3.8) is 0 Å². The Kier molecular flexibility index (Phi) is 7.11. The summed E-state index contributed by atoms with van der Waals surface area (Å²) in [6, 6.07) is 0. The highest BCUT2D eigenvalue weighted by atomic mass is 28.4. The van der Waals surface area contributed by atoms with Crippen LogP contribution in [0.3, 0.4) is 0 Å². The Labute approximate surface area is 122 Å². The van der Waals surface area contributed by atoms with E-state index in [1.54, 1.807) is 0 Å². The van der Waals surface area contributed by atoms with Gasteiger partial charge in [0.15, 0.2) is 8.32 Å². The summed E-state index contributed by atoms with van der Waals surface area (Å²) in [5, 5.41) is 0.227. The minimum absolute atomic E-state index is 0.227. The average Bonchev–Trinajstić information content (AvgIpc) is 2.22. The summed E-state index contributed by atoms with van der Waals surface area (Å²) in [5.41, 5.74) is -0.293. The van der Waals surface area contributed by atoms with Crippen molar-refractivity contribution in [1.82, 2.24) is 0 Å². The molecule has 0 aliphatic heterocycles. The first kappa shape index (κ1) is 18.5. The van der Waals surface area contributed by atoms with Gasteiger partial charge in [-0.2, -0.15) is 0 Å². The normalized spacial score (nSPS) is 15.3. The Morgan fingerprint density at radius 2 is 1.74 bits per heavy atom. The highest BCUT2D eigenvalue weighted by Gasteiger charge is 2.42. The quantitative estimate of drug-likeness (QED) is 0.257. The number of allylic oxidation sites excluding steroid dienone is 1. The highest BCUT2D eigenvalue weighted by molar-refractivity contribution is 6.74. The molecule has 0 saturated heterocycles. The monoisotopic (exact) mass is 280 g/mol. The first-order chi connectivity index (χ1) is 8.58. The van der Waals surface area contributed by atoms with Crippen molar-refractivity contribution >= 4 is 8.32 Å². The molecule has 0 fully saturated rings. The summed E-state index contributed by atoms with van der Waals surface area (Å²) in [5.74, 6) is 6.35. The van der Waals surface area contributed by atoms with Gasteiger partial charge >= 0.3 is 0 Å². The highest BCUT2D eigenvalue weighted by Crippen LogP contribution is 2.40. The SMILES string of the molecule is C=CCCCCC(C)(C#CC)O[Si](C)(C)C(C)(C)C. The molecule has 0 heterocycles. The van der Waals surface area contributed by atoms with Crippen molar-refractivity contribution in [2.45, 2.75) is 84.0 Å². The Bertz CT molecular complexity index is 340. The Balaban J connectivity index is 4.79. The molecule has 1 unspecified atom stereocenters. The van der Waals surface area contributed by atoms with E-state index in [0.29, 0.717) is 0 Å². The third kappa shape index (κ3) is 6.45. The zero-order valence-electron chi connectivity index (χ0n) is 14.0. The lowest BCUT2D eigenvalue weighted by molar-refractivity contribution is 0.118. The zero-order valence-corrected chi connectivity index (χ0v) is 15.0. The van der Waals surface area contributed by atoms with E-state index in [-0.39, 0.29) is 10.6 Å². The van der Waals surface area contributed by atoms with Crippen LogP contribution >= 0.6 is 0 Å². The molecule has 0 radical (unpaired) electrons. The molecule has 1 atom stereocenters. The van der Waals surface area contributed by atoms with Crippen LogP contribution in [0.4, 0.5) is 0 Å². The van der Waals surface area contributed by atoms with Crippen molar-refractivity contribution in [2.24, 2.45) is 0 Å². The van der Waals surface area contributed by atoms with Gasteiger partial charge in [0.25, 0.3) is 0 Å². The summed E-state index contributed by atoms with van der Waals surface area (Å²) in [4.78, 5) is 0. The Morgan fingerprint density at radius 3 is 2.16 bits per heavy atom. The predicted octanol–water partition coefficient (Wildman–Crippen LogP) is 5.54. The fourth-order valence-electron chi connectivity index (χ4n) is 1.87. The summed E-state index contributed by atoms with van der Waals surface area (Å²) < 4.78 is 6.55. The molecule has 110 valence electrons. The molecule has 0 N–H and O–H groups in total. The van der Waals surface area contributed by atoms with Crippen molar-refractivity contribution in [1.29, 1.82) is 0 Å². The van der Waals surface area contributed by atoms with E-state index in [9.17, 15) is 0 Å². The van der Waals surface area contributed by atoms with E-state index in [2.05, 4.69) is 59.2 Å². The molecule has 0 aromatic rings. The van der Waals surface area contributed by atoms with Gasteiger partial charge in [0.05, 0.1) is 0 Å². The molecule has 0 aliphatic carbocycles. The first-order valence-electron chi connectivity index (χ1n) is 7.33. The fraction of sp³-hybridized carbons (Fsp3) is 0.765. The van der Waals surface area contributed by atoms with Crippen LogP contribution in [0.25, 0.3) is 0 Å². The van der Waals surface area contributed by atoms with Crippen LogP contribution in [-0.4, -0.2) is 13.9 Å². The molecule has 2 heteroatoms. The maximum Gasteiger partial charge on any atom is 0.194 e. The predicted molar refractivity (Wildman–Crippen MR) is 88.8 cm³/mol. The first-order valence-corrected chi connectivity index (χ1v) is 10.2. The minimum Gasteiger partial charge on any atom is -0.401 e. The van der Waals surface area contributed by atoms with E-state index in [1.165, 1.54) is 6.42 Å². The second-order valence-electron chi connectivity index (χ2n) is 7.00. The van der Waals surface area contributed by atoms with Gasteiger partial charge in [-0.05, 0) is 57.7 Å². The third-order valence-electron chi connectivity index (χ3n) is 3.99. The topological polar surface area (TPSA) is 9.23 Å². The summed E-state index contributed by atoms with van der Waals surface area (Å²) in [6.45, 7) is 19.2.